The third kappa shape index (κ3) is 2.59. The molecule has 0 bridgehead atoms. The van der Waals surface area contributed by atoms with Crippen molar-refractivity contribution in [1.29, 1.82) is 0 Å². The van der Waals surface area contributed by atoms with Gasteiger partial charge in [-0.3, -0.25) is 9.59 Å². The van der Waals surface area contributed by atoms with Crippen molar-refractivity contribution in [2.45, 2.75) is 19.9 Å². The second-order valence-electron chi connectivity index (χ2n) is 3.57. The van der Waals surface area contributed by atoms with Gasteiger partial charge in [0, 0.05) is 17.8 Å². The van der Waals surface area contributed by atoms with Gasteiger partial charge in [-0.2, -0.15) is 0 Å². The summed E-state index contributed by atoms with van der Waals surface area (Å²) in [6.45, 7) is 4.40. The monoisotopic (exact) mass is 220 g/mol. The van der Waals surface area contributed by atoms with Crippen LogP contribution in [0.4, 0.5) is 5.69 Å². The number of aldehydes is 1. The van der Waals surface area contributed by atoms with E-state index < -0.39 is 0 Å². The molecule has 0 saturated heterocycles. The van der Waals surface area contributed by atoms with Gasteiger partial charge in [0.25, 0.3) is 0 Å². The lowest BCUT2D eigenvalue weighted by Crippen LogP contribution is -2.42. The summed E-state index contributed by atoms with van der Waals surface area (Å²) in [5.41, 5.74) is 6.77. The number of primary amides is 1. The number of hydrogen-bond donors (Lipinski definition) is 1. The van der Waals surface area contributed by atoms with Crippen molar-refractivity contribution in [3.8, 4) is 0 Å². The molecule has 1 rings (SSSR count). The topological polar surface area (TPSA) is 63.4 Å². The van der Waals surface area contributed by atoms with Crippen molar-refractivity contribution in [3.63, 3.8) is 0 Å². The van der Waals surface area contributed by atoms with Gasteiger partial charge in [0.15, 0.2) is 0 Å². The van der Waals surface area contributed by atoms with Gasteiger partial charge in [-0.1, -0.05) is 0 Å². The maximum Gasteiger partial charge on any atom is 0.239 e. The summed E-state index contributed by atoms with van der Waals surface area (Å²) in [7, 11) is 0. The molecular formula is C12H16N2O2. The van der Waals surface area contributed by atoms with Crippen LogP contribution in [0.25, 0.3) is 0 Å². The SMILES string of the molecule is CCN(c1ccc(C=O)cc1)C(C)C(N)=O. The van der Waals surface area contributed by atoms with Crippen LogP contribution in [0.3, 0.4) is 0 Å². The highest BCUT2D eigenvalue weighted by Crippen LogP contribution is 2.17. The number of amides is 1. The highest BCUT2D eigenvalue weighted by atomic mass is 16.1. The van der Waals surface area contributed by atoms with Crippen LogP contribution in [0, 0.1) is 0 Å². The van der Waals surface area contributed by atoms with Crippen LogP contribution in [0.2, 0.25) is 0 Å². The van der Waals surface area contributed by atoms with Crippen molar-refractivity contribution >= 4 is 17.9 Å². The lowest BCUT2D eigenvalue weighted by molar-refractivity contribution is -0.118. The van der Waals surface area contributed by atoms with Gasteiger partial charge in [0.05, 0.1) is 0 Å². The molecule has 0 heterocycles. The number of carbonyl (C=O) groups is 2. The highest BCUT2D eigenvalue weighted by molar-refractivity contribution is 5.83. The molecule has 2 N–H and O–H groups in total. The first-order chi connectivity index (χ1) is 7.60. The molecule has 0 aliphatic carbocycles. The van der Waals surface area contributed by atoms with Gasteiger partial charge in [-0.05, 0) is 38.1 Å². The summed E-state index contributed by atoms with van der Waals surface area (Å²) in [4.78, 5) is 23.5. The normalized spacial score (nSPS) is 11.9. The number of nitrogens with zero attached hydrogens (tertiary/aromatic N) is 1. The van der Waals surface area contributed by atoms with Gasteiger partial charge in [-0.15, -0.1) is 0 Å². The zero-order chi connectivity index (χ0) is 12.1. The van der Waals surface area contributed by atoms with E-state index in [-0.39, 0.29) is 11.9 Å². The van der Waals surface area contributed by atoms with Crippen molar-refractivity contribution in [2.24, 2.45) is 5.73 Å². The van der Waals surface area contributed by atoms with Gasteiger partial charge in [0.2, 0.25) is 5.91 Å². The second kappa shape index (κ2) is 5.30. The molecule has 0 spiro atoms. The van der Waals surface area contributed by atoms with Gasteiger partial charge >= 0.3 is 0 Å². The molecule has 0 aromatic heterocycles. The average molecular weight is 220 g/mol. The molecule has 0 saturated carbocycles. The smallest absolute Gasteiger partial charge is 0.239 e. The fourth-order valence-electron chi connectivity index (χ4n) is 1.58. The Morgan fingerprint density at radius 2 is 2.00 bits per heavy atom. The molecule has 0 aliphatic heterocycles. The predicted molar refractivity (Wildman–Crippen MR) is 63.5 cm³/mol. The lowest BCUT2D eigenvalue weighted by atomic mass is 10.1. The van der Waals surface area contributed by atoms with Crippen LogP contribution in [0.5, 0.6) is 0 Å². The molecule has 0 radical (unpaired) electrons. The minimum absolute atomic E-state index is 0.355. The van der Waals surface area contributed by atoms with Crippen molar-refractivity contribution in [1.82, 2.24) is 0 Å². The first-order valence-electron chi connectivity index (χ1n) is 5.21. The molecule has 1 aromatic carbocycles. The first-order valence-corrected chi connectivity index (χ1v) is 5.21. The molecule has 1 aromatic rings. The van der Waals surface area contributed by atoms with E-state index in [4.69, 9.17) is 5.73 Å². The molecular weight excluding hydrogens is 204 g/mol. The number of hydrogen-bond acceptors (Lipinski definition) is 3. The maximum atomic E-state index is 11.1. The van der Waals surface area contributed by atoms with Crippen molar-refractivity contribution < 1.29 is 9.59 Å². The standard InChI is InChI=1S/C12H16N2O2/c1-3-14(9(2)12(13)16)11-6-4-10(8-15)5-7-11/h4-9H,3H2,1-2H3,(H2,13,16). The third-order valence-corrected chi connectivity index (χ3v) is 2.58. The van der Waals surface area contributed by atoms with E-state index in [9.17, 15) is 9.59 Å². The van der Waals surface area contributed by atoms with E-state index in [2.05, 4.69) is 0 Å². The number of rotatable bonds is 5. The molecule has 4 heteroatoms. The number of likely N-dealkylation sites (N-methyl/N-ethyl adjacent to an activating group) is 1. The number of nitrogens with two attached hydrogens (primary N) is 1. The predicted octanol–water partition coefficient (Wildman–Crippen LogP) is 1.20. The quantitative estimate of drug-likeness (QED) is 0.758. The average Bonchev–Trinajstić information content (AvgIpc) is 2.30. The summed E-state index contributed by atoms with van der Waals surface area (Å²) in [5, 5.41) is 0. The highest BCUT2D eigenvalue weighted by Gasteiger charge is 2.17. The molecule has 1 unspecified atom stereocenters. The van der Waals surface area contributed by atoms with E-state index in [0.29, 0.717) is 12.1 Å². The fraction of sp³-hybridized carbons (Fsp3) is 0.333. The Bertz CT molecular complexity index is 373. The van der Waals surface area contributed by atoms with E-state index in [1.165, 1.54) is 0 Å². The Morgan fingerprint density at radius 3 is 2.38 bits per heavy atom. The van der Waals surface area contributed by atoms with E-state index in [1.807, 2.05) is 24.0 Å². The number of anilines is 1. The maximum absolute atomic E-state index is 11.1. The zero-order valence-corrected chi connectivity index (χ0v) is 9.51. The second-order valence-corrected chi connectivity index (χ2v) is 3.57. The molecule has 0 fully saturated rings. The minimum atomic E-state index is -0.360. The Kier molecular flexibility index (Phi) is 4.05. The fourth-order valence-corrected chi connectivity index (χ4v) is 1.58. The minimum Gasteiger partial charge on any atom is -0.368 e. The summed E-state index contributed by atoms with van der Waals surface area (Å²) in [6.07, 6.45) is 0.789. The van der Waals surface area contributed by atoms with Gasteiger partial charge in [-0.25, -0.2) is 0 Å². The Balaban J connectivity index is 2.94. The Morgan fingerprint density at radius 1 is 1.44 bits per heavy atom. The molecule has 1 amide bonds. The van der Waals surface area contributed by atoms with Crippen molar-refractivity contribution in [3.05, 3.63) is 29.8 Å². The number of carbonyl (C=O) groups excluding carboxylic acids is 2. The zero-order valence-electron chi connectivity index (χ0n) is 9.51. The van der Waals surface area contributed by atoms with Crippen LogP contribution >= 0.6 is 0 Å². The summed E-state index contributed by atoms with van der Waals surface area (Å²) in [5.74, 6) is -0.360. The van der Waals surface area contributed by atoms with Crippen LogP contribution < -0.4 is 10.6 Å². The molecule has 4 nitrogen and oxygen atoms in total. The van der Waals surface area contributed by atoms with Crippen molar-refractivity contribution in [2.75, 3.05) is 11.4 Å². The summed E-state index contributed by atoms with van der Waals surface area (Å²) < 4.78 is 0. The van der Waals surface area contributed by atoms with Crippen LogP contribution in [-0.4, -0.2) is 24.8 Å². The molecule has 0 aliphatic rings. The summed E-state index contributed by atoms with van der Waals surface area (Å²) >= 11 is 0. The Labute approximate surface area is 95.0 Å². The molecule has 16 heavy (non-hydrogen) atoms. The van der Waals surface area contributed by atoms with Gasteiger partial charge < -0.3 is 10.6 Å². The first kappa shape index (κ1) is 12.2. The third-order valence-electron chi connectivity index (χ3n) is 2.58. The van der Waals surface area contributed by atoms with E-state index in [0.717, 1.165) is 12.0 Å². The molecule has 86 valence electrons. The molecule has 1 atom stereocenters. The van der Waals surface area contributed by atoms with Crippen LogP contribution in [0.15, 0.2) is 24.3 Å². The van der Waals surface area contributed by atoms with Crippen LogP contribution in [-0.2, 0) is 4.79 Å². The van der Waals surface area contributed by atoms with E-state index in [1.54, 1.807) is 19.1 Å². The summed E-state index contributed by atoms with van der Waals surface area (Å²) in [6, 6.07) is 6.71. The van der Waals surface area contributed by atoms with Crippen LogP contribution in [0.1, 0.15) is 24.2 Å². The largest absolute Gasteiger partial charge is 0.368 e. The Hall–Kier alpha value is -1.84. The lowest BCUT2D eigenvalue weighted by Gasteiger charge is -2.27. The number of benzene rings is 1. The van der Waals surface area contributed by atoms with Gasteiger partial charge in [0.1, 0.15) is 12.3 Å². The van der Waals surface area contributed by atoms with E-state index >= 15 is 0 Å².